The van der Waals surface area contributed by atoms with Gasteiger partial charge in [0.15, 0.2) is 17.5 Å². The smallest absolute Gasteiger partial charge is 0.164 e. The first-order valence-electron chi connectivity index (χ1n) is 19.7. The zero-order valence-corrected chi connectivity index (χ0v) is 32.1. The van der Waals surface area contributed by atoms with E-state index >= 15 is 0 Å². The minimum atomic E-state index is 0.563. The number of nitrogens with zero attached hydrogens (tertiary/aromatic N) is 3. The van der Waals surface area contributed by atoms with Crippen molar-refractivity contribution in [2.24, 2.45) is 0 Å². The molecule has 0 fully saturated rings. The van der Waals surface area contributed by atoms with Crippen LogP contribution < -0.4 is 0 Å². The molecule has 6 heteroatoms. The number of thiophene rings is 1. The standard InChI is InChI=1S/C53H29N3O2S/c1-2-10-35-30(9-1)19-20-31-27-33(22-24-36(31)35)51-54-52(34-23-25-39-38-11-3-5-16-44(38)57-46(39)28-34)56-53(55-51)43-15-8-17-45-49(43)42-14-7-13-37(50(42)58-45)32-21-26-41-40-12-4-6-18-47(40)59-48(41)29-32/h1-29H. The highest BCUT2D eigenvalue weighted by molar-refractivity contribution is 7.25. The second-order valence-corrected chi connectivity index (χ2v) is 16.2. The topological polar surface area (TPSA) is 65.0 Å². The monoisotopic (exact) mass is 771 g/mol. The predicted octanol–water partition coefficient (Wildman–Crippen LogP) is 15.0. The molecule has 0 saturated heterocycles. The Morgan fingerprint density at radius 3 is 1.86 bits per heavy atom. The van der Waals surface area contributed by atoms with Crippen LogP contribution in [0.1, 0.15) is 0 Å². The molecule has 5 nitrogen and oxygen atoms in total. The molecule has 0 radical (unpaired) electrons. The van der Waals surface area contributed by atoms with Gasteiger partial charge >= 0.3 is 0 Å². The molecule has 0 aliphatic carbocycles. The van der Waals surface area contributed by atoms with Gasteiger partial charge in [-0.1, -0.05) is 133 Å². The zero-order valence-electron chi connectivity index (χ0n) is 31.3. The van der Waals surface area contributed by atoms with E-state index in [1.807, 2.05) is 47.7 Å². The molecule has 13 aromatic rings. The van der Waals surface area contributed by atoms with Crippen LogP contribution in [0.15, 0.2) is 185 Å². The maximum Gasteiger partial charge on any atom is 0.164 e. The molecule has 13 rings (SSSR count). The third-order valence-electron chi connectivity index (χ3n) is 11.7. The summed E-state index contributed by atoms with van der Waals surface area (Å²) < 4.78 is 15.7. The number of para-hydroxylation sites is 2. The summed E-state index contributed by atoms with van der Waals surface area (Å²) in [5.41, 5.74) is 8.03. The summed E-state index contributed by atoms with van der Waals surface area (Å²) in [7, 11) is 0. The molecule has 0 atom stereocenters. The van der Waals surface area contributed by atoms with E-state index < -0.39 is 0 Å². The van der Waals surface area contributed by atoms with Crippen molar-refractivity contribution in [2.75, 3.05) is 0 Å². The molecule has 274 valence electrons. The summed E-state index contributed by atoms with van der Waals surface area (Å²) in [6.07, 6.45) is 0. The molecule has 0 aliphatic heterocycles. The van der Waals surface area contributed by atoms with Crippen LogP contribution in [0.2, 0.25) is 0 Å². The average molecular weight is 772 g/mol. The molecule has 0 amide bonds. The van der Waals surface area contributed by atoms with Gasteiger partial charge in [0.05, 0.1) is 0 Å². The largest absolute Gasteiger partial charge is 0.456 e. The molecule has 4 aromatic heterocycles. The SMILES string of the molecule is c1ccc2c(c1)ccc1cc(-c3nc(-c4ccc5c(c4)oc4ccccc45)nc(-c4cccc5oc6c(-c7ccc8c(c7)sc7ccccc78)cccc6c45)n3)ccc12. The van der Waals surface area contributed by atoms with Crippen molar-refractivity contribution in [3.8, 4) is 45.3 Å². The van der Waals surface area contributed by atoms with Gasteiger partial charge in [0.2, 0.25) is 0 Å². The van der Waals surface area contributed by atoms with Gasteiger partial charge in [-0.25, -0.2) is 15.0 Å². The lowest BCUT2D eigenvalue weighted by molar-refractivity contribution is 0.669. The Hall–Kier alpha value is -7.67. The van der Waals surface area contributed by atoms with E-state index in [1.165, 1.54) is 36.3 Å². The van der Waals surface area contributed by atoms with E-state index in [-0.39, 0.29) is 0 Å². The second-order valence-electron chi connectivity index (χ2n) is 15.1. The van der Waals surface area contributed by atoms with Crippen molar-refractivity contribution >= 4 is 96.9 Å². The van der Waals surface area contributed by atoms with E-state index in [1.54, 1.807) is 0 Å². The van der Waals surface area contributed by atoms with Crippen LogP contribution >= 0.6 is 11.3 Å². The lowest BCUT2D eigenvalue weighted by Crippen LogP contribution is -2.00. The van der Waals surface area contributed by atoms with E-state index in [0.717, 1.165) is 77.1 Å². The number of rotatable bonds is 4. The van der Waals surface area contributed by atoms with Gasteiger partial charge in [-0.3, -0.25) is 0 Å². The fourth-order valence-electron chi connectivity index (χ4n) is 8.93. The van der Waals surface area contributed by atoms with Crippen molar-refractivity contribution in [3.05, 3.63) is 176 Å². The highest BCUT2D eigenvalue weighted by atomic mass is 32.1. The van der Waals surface area contributed by atoms with Crippen LogP contribution in [0.25, 0.3) is 131 Å². The Kier molecular flexibility index (Phi) is 6.82. The molecule has 0 bridgehead atoms. The molecular formula is C53H29N3O2S. The van der Waals surface area contributed by atoms with Crippen molar-refractivity contribution in [2.45, 2.75) is 0 Å². The Morgan fingerprint density at radius 2 is 0.949 bits per heavy atom. The minimum absolute atomic E-state index is 0.563. The van der Waals surface area contributed by atoms with Gasteiger partial charge in [0.25, 0.3) is 0 Å². The third-order valence-corrected chi connectivity index (χ3v) is 12.9. The molecule has 0 aliphatic rings. The maximum atomic E-state index is 6.78. The van der Waals surface area contributed by atoms with E-state index in [2.05, 4.69) is 140 Å². The maximum absolute atomic E-state index is 6.78. The van der Waals surface area contributed by atoms with E-state index in [9.17, 15) is 0 Å². The molecule has 59 heavy (non-hydrogen) atoms. The minimum Gasteiger partial charge on any atom is -0.456 e. The van der Waals surface area contributed by atoms with Crippen molar-refractivity contribution in [1.82, 2.24) is 15.0 Å². The first-order chi connectivity index (χ1) is 29.2. The molecule has 0 spiro atoms. The number of furan rings is 2. The zero-order chi connectivity index (χ0) is 38.6. The highest BCUT2D eigenvalue weighted by Gasteiger charge is 2.21. The van der Waals surface area contributed by atoms with Gasteiger partial charge in [0.1, 0.15) is 22.3 Å². The van der Waals surface area contributed by atoms with Crippen LogP contribution in [0.5, 0.6) is 0 Å². The van der Waals surface area contributed by atoms with E-state index in [0.29, 0.717) is 17.5 Å². The molecule has 9 aromatic carbocycles. The van der Waals surface area contributed by atoms with Gasteiger partial charge in [0, 0.05) is 64.0 Å². The van der Waals surface area contributed by atoms with Crippen LogP contribution in [-0.2, 0) is 0 Å². The van der Waals surface area contributed by atoms with Crippen molar-refractivity contribution in [3.63, 3.8) is 0 Å². The Morgan fingerprint density at radius 1 is 0.339 bits per heavy atom. The number of hydrogen-bond donors (Lipinski definition) is 0. The predicted molar refractivity (Wildman–Crippen MR) is 244 cm³/mol. The summed E-state index contributed by atoms with van der Waals surface area (Å²) in [5.74, 6) is 1.72. The van der Waals surface area contributed by atoms with Gasteiger partial charge in [-0.05, 0) is 69.6 Å². The van der Waals surface area contributed by atoms with Crippen LogP contribution in [0.4, 0.5) is 0 Å². The Labute approximate surface area is 340 Å². The number of fused-ring (bicyclic) bond motifs is 12. The van der Waals surface area contributed by atoms with Crippen LogP contribution in [-0.4, -0.2) is 15.0 Å². The van der Waals surface area contributed by atoms with Gasteiger partial charge in [-0.15, -0.1) is 11.3 Å². The lowest BCUT2D eigenvalue weighted by Gasteiger charge is -2.10. The summed E-state index contributed by atoms with van der Waals surface area (Å²) in [5, 5.41) is 11.4. The normalized spacial score (nSPS) is 12.1. The summed E-state index contributed by atoms with van der Waals surface area (Å²) in [6, 6.07) is 61.5. The molecule has 0 unspecified atom stereocenters. The molecule has 4 heterocycles. The Bertz CT molecular complexity index is 3870. The van der Waals surface area contributed by atoms with Crippen molar-refractivity contribution < 1.29 is 8.83 Å². The Balaban J connectivity index is 1.01. The molecule has 0 saturated carbocycles. The van der Waals surface area contributed by atoms with Crippen LogP contribution in [0, 0.1) is 0 Å². The quantitative estimate of drug-likeness (QED) is 0.167. The highest BCUT2D eigenvalue weighted by Crippen LogP contribution is 2.43. The summed E-state index contributed by atoms with van der Waals surface area (Å²) >= 11 is 1.82. The number of hydrogen-bond acceptors (Lipinski definition) is 6. The number of aromatic nitrogens is 3. The van der Waals surface area contributed by atoms with E-state index in [4.69, 9.17) is 23.8 Å². The van der Waals surface area contributed by atoms with Gasteiger partial charge < -0.3 is 8.83 Å². The molecule has 0 N–H and O–H groups in total. The first-order valence-corrected chi connectivity index (χ1v) is 20.5. The number of benzene rings is 9. The first kappa shape index (κ1) is 32.4. The fourth-order valence-corrected chi connectivity index (χ4v) is 10.1. The van der Waals surface area contributed by atoms with Crippen molar-refractivity contribution in [1.29, 1.82) is 0 Å². The lowest BCUT2D eigenvalue weighted by atomic mass is 9.99. The second kappa shape index (κ2) is 12.4. The van der Waals surface area contributed by atoms with Crippen LogP contribution in [0.3, 0.4) is 0 Å². The summed E-state index contributed by atoms with van der Waals surface area (Å²) in [6.45, 7) is 0. The summed E-state index contributed by atoms with van der Waals surface area (Å²) in [4.78, 5) is 15.7. The van der Waals surface area contributed by atoms with Gasteiger partial charge in [-0.2, -0.15) is 0 Å². The fraction of sp³-hybridized carbons (Fsp3) is 0. The third kappa shape index (κ3) is 5.00. The molecular weight excluding hydrogens is 743 g/mol. The average Bonchev–Trinajstić information content (AvgIpc) is 3.99.